The summed E-state index contributed by atoms with van der Waals surface area (Å²) in [7, 11) is 1.61. The summed E-state index contributed by atoms with van der Waals surface area (Å²) >= 11 is 0. The molecule has 5 heteroatoms. The van der Waals surface area contributed by atoms with Crippen molar-refractivity contribution in [1.82, 2.24) is 5.32 Å². The van der Waals surface area contributed by atoms with Crippen molar-refractivity contribution >= 4 is 11.9 Å². The highest BCUT2D eigenvalue weighted by Gasteiger charge is 2.18. The first-order chi connectivity index (χ1) is 8.63. The van der Waals surface area contributed by atoms with Crippen LogP contribution in [0.1, 0.15) is 18.4 Å². The molecule has 1 rings (SSSR count). The van der Waals surface area contributed by atoms with Crippen molar-refractivity contribution in [2.45, 2.75) is 25.5 Å². The van der Waals surface area contributed by atoms with Crippen LogP contribution in [0.3, 0.4) is 0 Å². The van der Waals surface area contributed by atoms with E-state index in [1.807, 2.05) is 30.3 Å². The summed E-state index contributed by atoms with van der Waals surface area (Å²) in [4.78, 5) is 22.1. The molecule has 0 aromatic heterocycles. The second kappa shape index (κ2) is 7.45. The number of hydrogen-bond donors (Lipinski definition) is 2. The molecule has 0 saturated heterocycles. The topological polar surface area (TPSA) is 75.6 Å². The van der Waals surface area contributed by atoms with Gasteiger partial charge in [-0.3, -0.25) is 9.59 Å². The third kappa shape index (κ3) is 4.97. The Kier molecular flexibility index (Phi) is 5.87. The number of ether oxygens (including phenoxy) is 1. The van der Waals surface area contributed by atoms with E-state index in [1.165, 1.54) is 0 Å². The maximum atomic E-state index is 11.7. The number of nitrogens with one attached hydrogen (secondary N) is 1. The van der Waals surface area contributed by atoms with Gasteiger partial charge in [0, 0.05) is 6.42 Å². The first kappa shape index (κ1) is 14.2. The van der Waals surface area contributed by atoms with Crippen LogP contribution in [0.4, 0.5) is 0 Å². The molecule has 0 aliphatic rings. The average Bonchev–Trinajstić information content (AvgIpc) is 2.38. The molecule has 2 N–H and O–H groups in total. The molecule has 1 atom stereocenters. The molecule has 0 bridgehead atoms. The Morgan fingerprint density at radius 2 is 2.00 bits per heavy atom. The fourth-order valence-electron chi connectivity index (χ4n) is 1.48. The van der Waals surface area contributed by atoms with Crippen LogP contribution in [0.2, 0.25) is 0 Å². The zero-order chi connectivity index (χ0) is 13.4. The van der Waals surface area contributed by atoms with Gasteiger partial charge in [-0.05, 0) is 19.0 Å². The number of carboxylic acids is 1. The van der Waals surface area contributed by atoms with Crippen molar-refractivity contribution in [2.75, 3.05) is 7.05 Å². The van der Waals surface area contributed by atoms with Crippen LogP contribution in [-0.2, 0) is 20.9 Å². The highest BCUT2D eigenvalue weighted by molar-refractivity contribution is 5.77. The Labute approximate surface area is 106 Å². The molecule has 0 aliphatic heterocycles. The van der Waals surface area contributed by atoms with Gasteiger partial charge in [-0.2, -0.15) is 0 Å². The molecular weight excluding hydrogens is 234 g/mol. The molecular formula is C13H17NO4. The summed E-state index contributed by atoms with van der Waals surface area (Å²) in [6.07, 6.45) is 0.158. The molecule has 1 aromatic rings. The number of aliphatic carboxylic acids is 1. The number of rotatable bonds is 7. The molecule has 98 valence electrons. The first-order valence-electron chi connectivity index (χ1n) is 5.73. The lowest BCUT2D eigenvalue weighted by molar-refractivity contribution is -0.147. The molecule has 0 heterocycles. The number of esters is 1. The van der Waals surface area contributed by atoms with Crippen LogP contribution in [-0.4, -0.2) is 30.1 Å². The Hall–Kier alpha value is -1.88. The van der Waals surface area contributed by atoms with Gasteiger partial charge in [0.15, 0.2) is 0 Å². The largest absolute Gasteiger partial charge is 0.481 e. The van der Waals surface area contributed by atoms with Gasteiger partial charge in [-0.25, -0.2) is 0 Å². The highest BCUT2D eigenvalue weighted by Crippen LogP contribution is 2.04. The van der Waals surface area contributed by atoms with Crippen LogP contribution in [0.25, 0.3) is 0 Å². The number of carboxylic acid groups (broad SMARTS) is 1. The number of hydrogen-bond acceptors (Lipinski definition) is 4. The molecule has 0 aliphatic carbocycles. The van der Waals surface area contributed by atoms with Crippen molar-refractivity contribution in [3.63, 3.8) is 0 Å². The average molecular weight is 251 g/mol. The van der Waals surface area contributed by atoms with E-state index in [0.29, 0.717) is 0 Å². The van der Waals surface area contributed by atoms with Crippen molar-refractivity contribution in [1.29, 1.82) is 0 Å². The minimum atomic E-state index is -0.925. The maximum absolute atomic E-state index is 11.7. The van der Waals surface area contributed by atoms with Gasteiger partial charge >= 0.3 is 11.9 Å². The number of carbonyl (C=O) groups is 2. The summed E-state index contributed by atoms with van der Waals surface area (Å²) in [5.74, 6) is -1.35. The van der Waals surface area contributed by atoms with Crippen molar-refractivity contribution < 1.29 is 19.4 Å². The minimum Gasteiger partial charge on any atom is -0.481 e. The summed E-state index contributed by atoms with van der Waals surface area (Å²) in [6.45, 7) is 0.199. The molecule has 0 spiro atoms. The molecule has 0 amide bonds. The number of carbonyl (C=O) groups excluding carboxylic acids is 1. The standard InChI is InChI=1S/C13H17NO4/c1-14-11(7-8-12(15)16)13(17)18-9-10-5-3-2-4-6-10/h2-6,11,14H,7-9H2,1H3,(H,15,16). The quantitative estimate of drug-likeness (QED) is 0.712. The van der Waals surface area contributed by atoms with Crippen LogP contribution in [0, 0.1) is 0 Å². The van der Waals surface area contributed by atoms with Crippen LogP contribution in [0.15, 0.2) is 30.3 Å². The fourth-order valence-corrected chi connectivity index (χ4v) is 1.48. The Bertz CT molecular complexity index is 391. The van der Waals surface area contributed by atoms with Crippen molar-refractivity contribution in [3.05, 3.63) is 35.9 Å². The van der Waals surface area contributed by atoms with Crippen molar-refractivity contribution in [3.8, 4) is 0 Å². The molecule has 0 radical (unpaired) electrons. The van der Waals surface area contributed by atoms with Gasteiger partial charge in [0.05, 0.1) is 0 Å². The molecule has 0 saturated carbocycles. The van der Waals surface area contributed by atoms with E-state index in [-0.39, 0.29) is 19.4 Å². The van der Waals surface area contributed by atoms with E-state index in [2.05, 4.69) is 5.32 Å². The van der Waals surface area contributed by atoms with E-state index in [1.54, 1.807) is 7.05 Å². The van der Waals surface area contributed by atoms with Gasteiger partial charge in [-0.15, -0.1) is 0 Å². The normalized spacial score (nSPS) is 11.8. The molecule has 18 heavy (non-hydrogen) atoms. The highest BCUT2D eigenvalue weighted by atomic mass is 16.5. The fraction of sp³-hybridized carbons (Fsp3) is 0.385. The van der Waals surface area contributed by atoms with Crippen molar-refractivity contribution in [2.24, 2.45) is 0 Å². The Morgan fingerprint density at radius 1 is 1.33 bits per heavy atom. The Balaban J connectivity index is 2.40. The zero-order valence-corrected chi connectivity index (χ0v) is 10.3. The minimum absolute atomic E-state index is 0.0635. The summed E-state index contributed by atoms with van der Waals surface area (Å²) in [5, 5.41) is 11.3. The van der Waals surface area contributed by atoms with Gasteiger partial charge in [-0.1, -0.05) is 30.3 Å². The third-order valence-corrected chi connectivity index (χ3v) is 2.50. The predicted octanol–water partition coefficient (Wildman–Crippen LogP) is 1.18. The van der Waals surface area contributed by atoms with E-state index in [0.717, 1.165) is 5.56 Å². The second-order valence-electron chi connectivity index (χ2n) is 3.87. The molecule has 1 unspecified atom stereocenters. The van der Waals surface area contributed by atoms with Gasteiger partial charge < -0.3 is 15.2 Å². The smallest absolute Gasteiger partial charge is 0.323 e. The molecule has 5 nitrogen and oxygen atoms in total. The second-order valence-corrected chi connectivity index (χ2v) is 3.87. The zero-order valence-electron chi connectivity index (χ0n) is 10.3. The molecule has 0 fully saturated rings. The lowest BCUT2D eigenvalue weighted by Crippen LogP contribution is -2.35. The van der Waals surface area contributed by atoms with E-state index in [4.69, 9.17) is 9.84 Å². The van der Waals surface area contributed by atoms with Gasteiger partial charge in [0.25, 0.3) is 0 Å². The van der Waals surface area contributed by atoms with Crippen LogP contribution >= 0.6 is 0 Å². The third-order valence-electron chi connectivity index (χ3n) is 2.50. The van der Waals surface area contributed by atoms with E-state index >= 15 is 0 Å². The molecule has 1 aromatic carbocycles. The van der Waals surface area contributed by atoms with Crippen LogP contribution in [0.5, 0.6) is 0 Å². The summed E-state index contributed by atoms with van der Waals surface area (Å²) < 4.78 is 5.12. The Morgan fingerprint density at radius 3 is 2.56 bits per heavy atom. The maximum Gasteiger partial charge on any atom is 0.323 e. The monoisotopic (exact) mass is 251 g/mol. The predicted molar refractivity (Wildman–Crippen MR) is 66.0 cm³/mol. The summed E-state index contributed by atoms with van der Waals surface area (Å²) in [6, 6.07) is 8.75. The van der Waals surface area contributed by atoms with Crippen LogP contribution < -0.4 is 5.32 Å². The SMILES string of the molecule is CNC(CCC(=O)O)C(=O)OCc1ccccc1. The van der Waals surface area contributed by atoms with Gasteiger partial charge in [0.1, 0.15) is 12.6 Å². The lowest BCUT2D eigenvalue weighted by Gasteiger charge is -2.14. The lowest BCUT2D eigenvalue weighted by atomic mass is 10.1. The number of benzene rings is 1. The van der Waals surface area contributed by atoms with E-state index in [9.17, 15) is 9.59 Å². The number of likely N-dealkylation sites (N-methyl/N-ethyl adjacent to an activating group) is 1. The van der Waals surface area contributed by atoms with Gasteiger partial charge in [0.2, 0.25) is 0 Å². The summed E-state index contributed by atoms with van der Waals surface area (Å²) in [5.41, 5.74) is 0.902. The first-order valence-corrected chi connectivity index (χ1v) is 5.73. The van der Waals surface area contributed by atoms with E-state index < -0.39 is 18.0 Å².